The standard InChI is InChI=1S/C26H28N4O3S2/c1-3-4-10-29-23(28-11-13-33-14-12-28)20(18(2)21(16-27)24(29)31)15-22-25(32)30(26(34)35-22)17-19-8-6-5-7-9-19/h5-9,15H,3-4,10-14,17H2,1-2H3/b22-15+. The first kappa shape index (κ1) is 25.2. The molecular formula is C26H28N4O3S2. The minimum absolute atomic E-state index is 0.115. The minimum Gasteiger partial charge on any atom is -0.378 e. The number of hydrogen-bond donors (Lipinski definition) is 0. The lowest BCUT2D eigenvalue weighted by atomic mass is 10.0. The highest BCUT2D eigenvalue weighted by molar-refractivity contribution is 8.26. The van der Waals surface area contributed by atoms with Crippen molar-refractivity contribution in [1.29, 1.82) is 5.26 Å². The van der Waals surface area contributed by atoms with Crippen LogP contribution in [0.5, 0.6) is 0 Å². The summed E-state index contributed by atoms with van der Waals surface area (Å²) < 4.78 is 7.74. The Morgan fingerprint density at radius 2 is 1.91 bits per heavy atom. The maximum atomic E-state index is 13.4. The number of nitriles is 1. The number of pyridine rings is 1. The van der Waals surface area contributed by atoms with Crippen LogP contribution in [0.4, 0.5) is 5.82 Å². The molecule has 2 saturated heterocycles. The Hall–Kier alpha value is -2.93. The van der Waals surface area contributed by atoms with E-state index >= 15 is 0 Å². The highest BCUT2D eigenvalue weighted by Gasteiger charge is 2.33. The number of unbranched alkanes of at least 4 members (excludes halogenated alkanes) is 1. The van der Waals surface area contributed by atoms with E-state index in [0.29, 0.717) is 54.2 Å². The number of hydrogen-bond acceptors (Lipinski definition) is 7. The van der Waals surface area contributed by atoms with Crippen molar-refractivity contribution in [3.05, 3.63) is 67.8 Å². The molecule has 0 saturated carbocycles. The normalized spacial score (nSPS) is 17.3. The second-order valence-corrected chi connectivity index (χ2v) is 10.2. The van der Waals surface area contributed by atoms with Gasteiger partial charge in [0.25, 0.3) is 11.5 Å². The molecule has 0 N–H and O–H groups in total. The lowest BCUT2D eigenvalue weighted by Gasteiger charge is -2.33. The number of benzene rings is 1. The maximum absolute atomic E-state index is 13.4. The lowest BCUT2D eigenvalue weighted by molar-refractivity contribution is -0.122. The Labute approximate surface area is 215 Å². The molecule has 2 aliphatic heterocycles. The summed E-state index contributed by atoms with van der Waals surface area (Å²) in [5.41, 5.74) is 2.13. The van der Waals surface area contributed by atoms with E-state index in [9.17, 15) is 14.9 Å². The molecule has 35 heavy (non-hydrogen) atoms. The van der Waals surface area contributed by atoms with Gasteiger partial charge in [0.05, 0.1) is 24.7 Å². The number of amides is 1. The van der Waals surface area contributed by atoms with Crippen LogP contribution in [-0.2, 0) is 22.6 Å². The third-order valence-electron chi connectivity index (χ3n) is 6.22. The van der Waals surface area contributed by atoms with Gasteiger partial charge in [0, 0.05) is 25.2 Å². The smallest absolute Gasteiger partial charge is 0.270 e. The Morgan fingerprint density at radius 3 is 2.57 bits per heavy atom. The van der Waals surface area contributed by atoms with Gasteiger partial charge in [-0.2, -0.15) is 5.26 Å². The molecule has 2 aromatic rings. The van der Waals surface area contributed by atoms with Crippen molar-refractivity contribution in [3.63, 3.8) is 0 Å². The highest BCUT2D eigenvalue weighted by Crippen LogP contribution is 2.36. The van der Waals surface area contributed by atoms with E-state index < -0.39 is 0 Å². The van der Waals surface area contributed by atoms with Gasteiger partial charge in [-0.1, -0.05) is 67.7 Å². The van der Waals surface area contributed by atoms with Crippen molar-refractivity contribution < 1.29 is 9.53 Å². The second kappa shape index (κ2) is 11.2. The van der Waals surface area contributed by atoms with Crippen molar-refractivity contribution in [2.24, 2.45) is 0 Å². The number of anilines is 1. The van der Waals surface area contributed by atoms with Gasteiger partial charge < -0.3 is 9.64 Å². The Morgan fingerprint density at radius 1 is 1.20 bits per heavy atom. The molecule has 0 aliphatic carbocycles. The fourth-order valence-corrected chi connectivity index (χ4v) is 5.55. The monoisotopic (exact) mass is 508 g/mol. The second-order valence-electron chi connectivity index (χ2n) is 8.51. The van der Waals surface area contributed by atoms with Crippen molar-refractivity contribution in [3.8, 4) is 6.07 Å². The van der Waals surface area contributed by atoms with Crippen LogP contribution in [-0.4, -0.2) is 46.0 Å². The Bertz CT molecular complexity index is 1260. The van der Waals surface area contributed by atoms with Crippen molar-refractivity contribution in [1.82, 2.24) is 9.47 Å². The van der Waals surface area contributed by atoms with Crippen LogP contribution < -0.4 is 10.5 Å². The predicted octanol–water partition coefficient (Wildman–Crippen LogP) is 4.07. The molecule has 1 amide bonds. The van der Waals surface area contributed by atoms with Crippen molar-refractivity contribution in [2.45, 2.75) is 39.8 Å². The van der Waals surface area contributed by atoms with Gasteiger partial charge in [-0.05, 0) is 30.5 Å². The summed E-state index contributed by atoms with van der Waals surface area (Å²) in [5, 5.41) is 9.82. The van der Waals surface area contributed by atoms with Crippen LogP contribution in [0.1, 0.15) is 42.0 Å². The topological polar surface area (TPSA) is 78.6 Å². The van der Waals surface area contributed by atoms with E-state index in [2.05, 4.69) is 17.9 Å². The maximum Gasteiger partial charge on any atom is 0.270 e. The average molecular weight is 509 g/mol. The summed E-state index contributed by atoms with van der Waals surface area (Å²) in [6, 6.07) is 11.8. The molecule has 7 nitrogen and oxygen atoms in total. The van der Waals surface area contributed by atoms with Gasteiger partial charge in [0.1, 0.15) is 21.8 Å². The molecule has 1 aromatic heterocycles. The molecule has 1 aromatic carbocycles. The zero-order valence-electron chi connectivity index (χ0n) is 20.0. The van der Waals surface area contributed by atoms with Gasteiger partial charge in [-0.15, -0.1) is 0 Å². The Kier molecular flexibility index (Phi) is 8.06. The zero-order chi connectivity index (χ0) is 24.9. The molecule has 182 valence electrons. The Balaban J connectivity index is 1.82. The summed E-state index contributed by atoms with van der Waals surface area (Å²) in [6.45, 7) is 7.13. The first-order valence-corrected chi connectivity index (χ1v) is 13.0. The lowest BCUT2D eigenvalue weighted by Crippen LogP contribution is -2.41. The number of aromatic nitrogens is 1. The third-order valence-corrected chi connectivity index (χ3v) is 7.60. The number of carbonyl (C=O) groups excluding carboxylic acids is 1. The zero-order valence-corrected chi connectivity index (χ0v) is 21.6. The number of morpholine rings is 1. The number of rotatable bonds is 7. The SMILES string of the molecule is CCCCn1c(N2CCOCC2)c(/C=C2/SC(=S)N(Cc3ccccc3)C2=O)c(C)c(C#N)c1=O. The molecule has 0 radical (unpaired) electrons. The molecular weight excluding hydrogens is 480 g/mol. The van der Waals surface area contributed by atoms with Gasteiger partial charge >= 0.3 is 0 Å². The minimum atomic E-state index is -0.284. The van der Waals surface area contributed by atoms with Crippen LogP contribution >= 0.6 is 24.0 Å². The van der Waals surface area contributed by atoms with E-state index in [-0.39, 0.29) is 17.0 Å². The number of carbonyl (C=O) groups is 1. The van der Waals surface area contributed by atoms with Crippen LogP contribution in [0.25, 0.3) is 6.08 Å². The molecule has 3 heterocycles. The van der Waals surface area contributed by atoms with E-state index in [1.165, 1.54) is 11.8 Å². The van der Waals surface area contributed by atoms with E-state index in [1.807, 2.05) is 36.4 Å². The van der Waals surface area contributed by atoms with Crippen LogP contribution in [0, 0.1) is 18.3 Å². The van der Waals surface area contributed by atoms with E-state index in [1.54, 1.807) is 16.4 Å². The van der Waals surface area contributed by atoms with Gasteiger partial charge in [-0.3, -0.25) is 19.1 Å². The quantitative estimate of drug-likeness (QED) is 0.412. The summed E-state index contributed by atoms with van der Waals surface area (Å²) in [6.07, 6.45) is 3.54. The molecule has 4 rings (SSSR count). The third kappa shape index (κ3) is 5.20. The van der Waals surface area contributed by atoms with E-state index in [0.717, 1.165) is 29.8 Å². The first-order valence-electron chi connectivity index (χ1n) is 11.8. The first-order chi connectivity index (χ1) is 17.0. The molecule has 2 fully saturated rings. The van der Waals surface area contributed by atoms with Crippen molar-refractivity contribution in [2.75, 3.05) is 31.2 Å². The number of ether oxygens (including phenoxy) is 1. The number of thiocarbonyl (C=S) groups is 1. The van der Waals surface area contributed by atoms with Gasteiger partial charge in [-0.25, -0.2) is 0 Å². The molecule has 0 bridgehead atoms. The van der Waals surface area contributed by atoms with Gasteiger partial charge in [0.15, 0.2) is 0 Å². The highest BCUT2D eigenvalue weighted by atomic mass is 32.2. The van der Waals surface area contributed by atoms with Crippen LogP contribution in [0.15, 0.2) is 40.0 Å². The molecule has 0 unspecified atom stereocenters. The average Bonchev–Trinajstić information content (AvgIpc) is 3.13. The van der Waals surface area contributed by atoms with Crippen LogP contribution in [0.2, 0.25) is 0 Å². The van der Waals surface area contributed by atoms with Crippen molar-refractivity contribution >= 4 is 46.1 Å². The van der Waals surface area contributed by atoms with E-state index in [4.69, 9.17) is 17.0 Å². The molecule has 2 aliphatic rings. The molecule has 0 spiro atoms. The molecule has 9 heteroatoms. The largest absolute Gasteiger partial charge is 0.378 e. The summed E-state index contributed by atoms with van der Waals surface area (Å²) in [4.78, 5) is 30.9. The molecule has 0 atom stereocenters. The predicted molar refractivity (Wildman–Crippen MR) is 143 cm³/mol. The summed E-state index contributed by atoms with van der Waals surface area (Å²) in [7, 11) is 0. The van der Waals surface area contributed by atoms with Gasteiger partial charge in [0.2, 0.25) is 0 Å². The fourth-order valence-electron chi connectivity index (χ4n) is 4.32. The summed E-state index contributed by atoms with van der Waals surface area (Å²) in [5.74, 6) is 0.581. The fraction of sp³-hybridized carbons (Fsp3) is 0.385. The number of thioether (sulfide) groups is 1. The van der Waals surface area contributed by atoms with Crippen LogP contribution in [0.3, 0.4) is 0 Å². The number of nitrogens with zero attached hydrogens (tertiary/aromatic N) is 4. The summed E-state index contributed by atoms with van der Waals surface area (Å²) >= 11 is 6.80.